The molecule has 26 heavy (non-hydrogen) atoms. The lowest BCUT2D eigenvalue weighted by molar-refractivity contribution is 0.0794. The van der Waals surface area contributed by atoms with Gasteiger partial charge in [-0.25, -0.2) is 9.50 Å². The SMILES string of the molecule is COc1cc(C)ccc1-c1cnc2sc(N3CC[C@@](C)(N)[C@H](O)C3)nn12. The molecular formula is C18H23N5O2S. The Kier molecular flexibility index (Phi) is 4.13. The Balaban J connectivity index is 1.70. The number of nitrogens with zero attached hydrogens (tertiary/aromatic N) is 4. The van der Waals surface area contributed by atoms with Crippen molar-refractivity contribution in [1.29, 1.82) is 0 Å². The van der Waals surface area contributed by atoms with E-state index in [1.807, 2.05) is 42.8 Å². The van der Waals surface area contributed by atoms with E-state index < -0.39 is 11.6 Å². The van der Waals surface area contributed by atoms with Crippen LogP contribution in [0.15, 0.2) is 24.4 Å². The molecule has 3 aromatic rings. The molecule has 1 aliphatic heterocycles. The number of piperidine rings is 1. The van der Waals surface area contributed by atoms with E-state index in [0.29, 0.717) is 13.0 Å². The maximum absolute atomic E-state index is 10.3. The zero-order valence-electron chi connectivity index (χ0n) is 15.1. The van der Waals surface area contributed by atoms with Crippen molar-refractivity contribution in [1.82, 2.24) is 14.6 Å². The van der Waals surface area contributed by atoms with Gasteiger partial charge in [-0.3, -0.25) is 0 Å². The minimum Gasteiger partial charge on any atom is -0.496 e. The maximum atomic E-state index is 10.3. The lowest BCUT2D eigenvalue weighted by Gasteiger charge is -2.40. The summed E-state index contributed by atoms with van der Waals surface area (Å²) in [4.78, 5) is 7.40. The van der Waals surface area contributed by atoms with Crippen molar-refractivity contribution < 1.29 is 9.84 Å². The van der Waals surface area contributed by atoms with Crippen molar-refractivity contribution in [2.45, 2.75) is 31.9 Å². The summed E-state index contributed by atoms with van der Waals surface area (Å²) in [6.07, 6.45) is 1.95. The van der Waals surface area contributed by atoms with Crippen LogP contribution in [0.1, 0.15) is 18.9 Å². The summed E-state index contributed by atoms with van der Waals surface area (Å²) in [5.74, 6) is 0.800. The van der Waals surface area contributed by atoms with Crippen molar-refractivity contribution >= 4 is 21.4 Å². The number of anilines is 1. The Morgan fingerprint density at radius 1 is 1.42 bits per heavy atom. The third kappa shape index (κ3) is 2.84. The number of β-amino-alcohol motifs (C(OH)–C–C–N with tert-alkyl or cyclic N) is 1. The van der Waals surface area contributed by atoms with Crippen LogP contribution in [0.2, 0.25) is 0 Å². The van der Waals surface area contributed by atoms with Crippen LogP contribution in [0, 0.1) is 6.92 Å². The first-order valence-corrected chi connectivity index (χ1v) is 9.42. The highest BCUT2D eigenvalue weighted by atomic mass is 32.1. The quantitative estimate of drug-likeness (QED) is 0.731. The summed E-state index contributed by atoms with van der Waals surface area (Å²) < 4.78 is 7.38. The summed E-state index contributed by atoms with van der Waals surface area (Å²) in [6.45, 7) is 5.17. The van der Waals surface area contributed by atoms with Gasteiger partial charge in [0, 0.05) is 24.2 Å². The van der Waals surface area contributed by atoms with Crippen molar-refractivity contribution in [2.75, 3.05) is 25.1 Å². The molecule has 1 aliphatic rings. The minimum atomic E-state index is -0.580. The van der Waals surface area contributed by atoms with E-state index in [9.17, 15) is 5.11 Å². The smallest absolute Gasteiger partial charge is 0.214 e. The number of aryl methyl sites for hydroxylation is 1. The fourth-order valence-corrected chi connectivity index (χ4v) is 4.14. The van der Waals surface area contributed by atoms with Crippen LogP contribution < -0.4 is 15.4 Å². The van der Waals surface area contributed by atoms with E-state index in [1.54, 1.807) is 7.11 Å². The molecule has 0 spiro atoms. The van der Waals surface area contributed by atoms with E-state index in [-0.39, 0.29) is 0 Å². The Labute approximate surface area is 156 Å². The molecule has 0 amide bonds. The van der Waals surface area contributed by atoms with Crippen molar-refractivity contribution in [2.24, 2.45) is 5.73 Å². The van der Waals surface area contributed by atoms with Gasteiger partial charge in [0.25, 0.3) is 0 Å². The molecule has 4 rings (SSSR count). The molecule has 1 saturated heterocycles. The molecule has 1 fully saturated rings. The first-order chi connectivity index (χ1) is 12.4. The second-order valence-electron chi connectivity index (χ2n) is 7.14. The summed E-state index contributed by atoms with van der Waals surface area (Å²) in [6, 6.07) is 6.08. The molecule has 0 saturated carbocycles. The van der Waals surface area contributed by atoms with Gasteiger partial charge in [0.1, 0.15) is 5.75 Å². The standard InChI is InChI=1S/C18H23N5O2S/c1-11-4-5-12(14(8-11)25-3)13-9-20-16-23(13)21-17(26-16)22-7-6-18(2,19)15(24)10-22/h4-5,8-9,15,24H,6-7,10,19H2,1-3H3/t15-,18-/m1/s1. The molecule has 2 aromatic heterocycles. The number of benzene rings is 1. The molecule has 0 unspecified atom stereocenters. The molecule has 3 N–H and O–H groups in total. The molecule has 138 valence electrons. The molecule has 0 radical (unpaired) electrons. The van der Waals surface area contributed by atoms with Gasteiger partial charge in [-0.1, -0.05) is 17.4 Å². The van der Waals surface area contributed by atoms with E-state index in [1.165, 1.54) is 11.3 Å². The van der Waals surface area contributed by atoms with Crippen LogP contribution >= 0.6 is 11.3 Å². The van der Waals surface area contributed by atoms with Crippen molar-refractivity contribution in [3.05, 3.63) is 30.0 Å². The van der Waals surface area contributed by atoms with Crippen LogP contribution in [0.4, 0.5) is 5.13 Å². The van der Waals surface area contributed by atoms with Gasteiger partial charge in [-0.15, -0.1) is 5.10 Å². The fourth-order valence-electron chi connectivity index (χ4n) is 3.23. The third-order valence-electron chi connectivity index (χ3n) is 5.05. The van der Waals surface area contributed by atoms with Crippen molar-refractivity contribution in [3.63, 3.8) is 0 Å². The second-order valence-corrected chi connectivity index (χ2v) is 8.08. The Bertz CT molecular complexity index is 948. The minimum absolute atomic E-state index is 0.479. The summed E-state index contributed by atoms with van der Waals surface area (Å²) in [7, 11) is 1.67. The number of ether oxygens (including phenoxy) is 1. The molecule has 8 heteroatoms. The van der Waals surface area contributed by atoms with Crippen LogP contribution in [0.25, 0.3) is 16.2 Å². The molecule has 2 atom stereocenters. The molecule has 7 nitrogen and oxygen atoms in total. The molecular weight excluding hydrogens is 350 g/mol. The average Bonchev–Trinajstić information content (AvgIpc) is 3.18. The zero-order chi connectivity index (χ0) is 18.5. The second kappa shape index (κ2) is 6.22. The average molecular weight is 373 g/mol. The number of fused-ring (bicyclic) bond motifs is 1. The summed E-state index contributed by atoms with van der Waals surface area (Å²) >= 11 is 1.51. The van der Waals surface area contributed by atoms with Crippen LogP contribution in [-0.2, 0) is 0 Å². The van der Waals surface area contributed by atoms with E-state index in [2.05, 4.69) is 9.88 Å². The van der Waals surface area contributed by atoms with Gasteiger partial charge >= 0.3 is 0 Å². The Morgan fingerprint density at radius 2 is 2.23 bits per heavy atom. The van der Waals surface area contributed by atoms with Gasteiger partial charge in [0.2, 0.25) is 10.1 Å². The van der Waals surface area contributed by atoms with Crippen molar-refractivity contribution in [3.8, 4) is 17.0 Å². The summed E-state index contributed by atoms with van der Waals surface area (Å²) in [5, 5.41) is 15.9. The number of nitrogens with two attached hydrogens (primary N) is 1. The predicted octanol–water partition coefficient (Wildman–Crippen LogP) is 2.06. The van der Waals surface area contributed by atoms with Gasteiger partial charge in [0.15, 0.2) is 0 Å². The van der Waals surface area contributed by atoms with E-state index in [4.69, 9.17) is 15.6 Å². The van der Waals surface area contributed by atoms with Gasteiger partial charge in [0.05, 0.1) is 25.1 Å². The molecule has 1 aromatic carbocycles. The lowest BCUT2D eigenvalue weighted by Crippen LogP contribution is -2.59. The van der Waals surface area contributed by atoms with Gasteiger partial charge in [-0.05, 0) is 38.0 Å². The Morgan fingerprint density at radius 3 is 2.96 bits per heavy atom. The highest BCUT2D eigenvalue weighted by Gasteiger charge is 2.36. The van der Waals surface area contributed by atoms with Crippen LogP contribution in [0.3, 0.4) is 0 Å². The molecule has 3 heterocycles. The number of hydrogen-bond donors (Lipinski definition) is 2. The summed E-state index contributed by atoms with van der Waals surface area (Å²) in [5.41, 5.74) is 8.57. The molecule has 0 bridgehead atoms. The lowest BCUT2D eigenvalue weighted by atomic mass is 9.88. The third-order valence-corrected chi connectivity index (χ3v) is 6.04. The fraction of sp³-hybridized carbons (Fsp3) is 0.444. The number of aromatic nitrogens is 3. The normalized spacial score (nSPS) is 23.6. The largest absolute Gasteiger partial charge is 0.496 e. The highest BCUT2D eigenvalue weighted by molar-refractivity contribution is 7.20. The number of aliphatic hydroxyl groups excluding tert-OH is 1. The van der Waals surface area contributed by atoms with E-state index in [0.717, 1.165) is 39.2 Å². The number of methoxy groups -OCH3 is 1. The highest BCUT2D eigenvalue weighted by Crippen LogP contribution is 2.34. The maximum Gasteiger partial charge on any atom is 0.214 e. The Hall–Kier alpha value is -2.16. The topological polar surface area (TPSA) is 88.9 Å². The van der Waals surface area contributed by atoms with Gasteiger partial charge < -0.3 is 20.5 Å². The predicted molar refractivity (Wildman–Crippen MR) is 103 cm³/mol. The zero-order valence-corrected chi connectivity index (χ0v) is 16.0. The van der Waals surface area contributed by atoms with Crippen LogP contribution in [0.5, 0.6) is 5.75 Å². The first-order valence-electron chi connectivity index (χ1n) is 8.60. The first kappa shape index (κ1) is 17.3. The molecule has 0 aliphatic carbocycles. The monoisotopic (exact) mass is 373 g/mol. The number of aliphatic hydroxyl groups is 1. The number of rotatable bonds is 3. The number of imidazole rings is 1. The number of hydrogen-bond acceptors (Lipinski definition) is 7. The van der Waals surface area contributed by atoms with Crippen LogP contribution in [-0.4, -0.2) is 51.5 Å². The van der Waals surface area contributed by atoms with Gasteiger partial charge in [-0.2, -0.15) is 0 Å². The van der Waals surface area contributed by atoms with E-state index >= 15 is 0 Å².